The molecule has 0 bridgehead atoms. The summed E-state index contributed by atoms with van der Waals surface area (Å²) in [5, 5.41) is 5.89. The lowest BCUT2D eigenvalue weighted by atomic mass is 9.68. The summed E-state index contributed by atoms with van der Waals surface area (Å²) in [6.07, 6.45) is 0. The number of furan rings is 2. The van der Waals surface area contributed by atoms with E-state index in [0.29, 0.717) is 5.02 Å². The zero-order valence-corrected chi connectivity index (χ0v) is 43.2. The van der Waals surface area contributed by atoms with Crippen molar-refractivity contribution < 1.29 is 8.83 Å². The van der Waals surface area contributed by atoms with Gasteiger partial charge in [-0.25, -0.2) is 0 Å². The van der Waals surface area contributed by atoms with Gasteiger partial charge in [-0.15, -0.1) is 0 Å². The average molecular weight is 1030 g/mol. The van der Waals surface area contributed by atoms with Gasteiger partial charge in [-0.2, -0.15) is 0 Å². The van der Waals surface area contributed by atoms with E-state index in [-0.39, 0.29) is 0 Å². The Labute approximate surface area is 459 Å². The van der Waals surface area contributed by atoms with Crippen LogP contribution in [0.2, 0.25) is 10.0 Å². The summed E-state index contributed by atoms with van der Waals surface area (Å²) in [5.74, 6) is 0. The highest BCUT2D eigenvalue weighted by atomic mass is 35.5. The van der Waals surface area contributed by atoms with Gasteiger partial charge in [0.15, 0.2) is 0 Å². The van der Waals surface area contributed by atoms with Gasteiger partial charge in [0.25, 0.3) is 0 Å². The predicted molar refractivity (Wildman–Crippen MR) is 320 cm³/mol. The van der Waals surface area contributed by atoms with Crippen LogP contribution < -0.4 is 0 Å². The molecular formula is C74H40Cl2O2. The summed E-state index contributed by atoms with van der Waals surface area (Å²) in [6.45, 7) is 0. The van der Waals surface area contributed by atoms with E-state index in [2.05, 4.69) is 218 Å². The molecule has 0 aliphatic heterocycles. The molecule has 2 heterocycles. The van der Waals surface area contributed by atoms with E-state index in [1.54, 1.807) is 0 Å². The highest BCUT2D eigenvalue weighted by Crippen LogP contribution is 2.69. The number of fused-ring (bicyclic) bond motifs is 28. The minimum Gasteiger partial charge on any atom is -0.456 e. The summed E-state index contributed by atoms with van der Waals surface area (Å²) in [5.41, 5.74) is 28.2. The Bertz CT molecular complexity index is 5030. The second-order valence-electron chi connectivity index (χ2n) is 21.4. The van der Waals surface area contributed by atoms with Crippen molar-refractivity contribution in [1.29, 1.82) is 0 Å². The summed E-state index contributed by atoms with van der Waals surface area (Å²) in [4.78, 5) is 0. The monoisotopic (exact) mass is 1030 g/mol. The number of halogens is 2. The molecule has 4 heteroatoms. The van der Waals surface area contributed by atoms with Crippen molar-refractivity contribution in [3.05, 3.63) is 297 Å². The van der Waals surface area contributed by atoms with Crippen LogP contribution >= 0.6 is 23.2 Å². The van der Waals surface area contributed by atoms with Crippen molar-refractivity contribution in [1.82, 2.24) is 0 Å². The van der Waals surface area contributed by atoms with E-state index >= 15 is 0 Å². The molecule has 2 unspecified atom stereocenters. The van der Waals surface area contributed by atoms with Crippen molar-refractivity contribution in [2.75, 3.05) is 0 Å². The smallest absolute Gasteiger partial charge is 0.143 e. The Morgan fingerprint density at radius 3 is 1.45 bits per heavy atom. The van der Waals surface area contributed by atoms with E-state index in [1.807, 2.05) is 24.3 Å². The first-order valence-corrected chi connectivity index (χ1v) is 27.5. The SMILES string of the molecule is Clc1ccccc1-c1cccc2c1C1(c3ccccc3-2)c2ccccc2-c2c1ccc1oc3cc(-c4ccc(-c5ccccc5Cl)c5c4-c4ccccc4C54c5ccccc5-c5c4ccc4c5oc5ccccc54)ccc3c21. The van der Waals surface area contributed by atoms with Crippen molar-refractivity contribution in [3.8, 4) is 77.9 Å². The molecule has 78 heavy (non-hydrogen) atoms. The number of hydrogen-bond donors (Lipinski definition) is 0. The highest BCUT2D eigenvalue weighted by molar-refractivity contribution is 6.34. The summed E-state index contributed by atoms with van der Waals surface area (Å²) in [7, 11) is 0. The first-order valence-electron chi connectivity index (χ1n) is 26.7. The normalized spacial score (nSPS) is 16.7. The Balaban J connectivity index is 0.902. The van der Waals surface area contributed by atoms with Gasteiger partial charge in [-0.3, -0.25) is 0 Å². The lowest BCUT2D eigenvalue weighted by Gasteiger charge is -2.32. The molecule has 4 aliphatic rings. The molecule has 2 spiro atoms. The Hall–Kier alpha value is -9.18. The number of benzene rings is 12. The van der Waals surface area contributed by atoms with Crippen molar-refractivity contribution in [2.24, 2.45) is 0 Å². The van der Waals surface area contributed by atoms with Gasteiger partial charge in [-0.05, 0) is 142 Å². The van der Waals surface area contributed by atoms with E-state index in [0.717, 1.165) is 87.8 Å². The van der Waals surface area contributed by atoms with Crippen molar-refractivity contribution in [2.45, 2.75) is 10.8 Å². The molecule has 362 valence electrons. The molecule has 2 nitrogen and oxygen atoms in total. The zero-order chi connectivity index (χ0) is 51.2. The van der Waals surface area contributed by atoms with Crippen LogP contribution in [0.25, 0.3) is 122 Å². The fraction of sp³-hybridized carbons (Fsp3) is 0.0270. The van der Waals surface area contributed by atoms with Crippen LogP contribution in [0.5, 0.6) is 0 Å². The van der Waals surface area contributed by atoms with E-state index in [9.17, 15) is 0 Å². The molecule has 0 amide bonds. The summed E-state index contributed by atoms with van der Waals surface area (Å²) >= 11 is 14.5. The summed E-state index contributed by atoms with van der Waals surface area (Å²) in [6, 6.07) is 88.4. The van der Waals surface area contributed by atoms with Crippen LogP contribution in [0.4, 0.5) is 0 Å². The molecule has 0 saturated heterocycles. The lowest BCUT2D eigenvalue weighted by molar-refractivity contribution is 0.668. The number of para-hydroxylation sites is 1. The van der Waals surface area contributed by atoms with Crippen LogP contribution in [0.3, 0.4) is 0 Å². The maximum Gasteiger partial charge on any atom is 0.143 e. The molecular weight excluding hydrogens is 992 g/mol. The van der Waals surface area contributed by atoms with Gasteiger partial charge in [-0.1, -0.05) is 229 Å². The van der Waals surface area contributed by atoms with Gasteiger partial charge in [0.2, 0.25) is 0 Å². The molecule has 12 aromatic carbocycles. The number of hydrogen-bond acceptors (Lipinski definition) is 2. The molecule has 14 aromatic rings. The molecule has 4 aliphatic carbocycles. The van der Waals surface area contributed by atoms with Crippen LogP contribution in [0.1, 0.15) is 44.5 Å². The first-order chi connectivity index (χ1) is 38.5. The zero-order valence-electron chi connectivity index (χ0n) is 41.7. The van der Waals surface area contributed by atoms with Gasteiger partial charge in [0, 0.05) is 48.3 Å². The van der Waals surface area contributed by atoms with Crippen molar-refractivity contribution >= 4 is 67.1 Å². The quantitative estimate of drug-likeness (QED) is 0.176. The van der Waals surface area contributed by atoms with E-state index < -0.39 is 10.8 Å². The van der Waals surface area contributed by atoms with Crippen molar-refractivity contribution in [3.63, 3.8) is 0 Å². The van der Waals surface area contributed by atoms with E-state index in [4.69, 9.17) is 32.0 Å². The van der Waals surface area contributed by atoms with Crippen LogP contribution in [0, 0.1) is 0 Å². The molecule has 0 saturated carbocycles. The molecule has 2 atom stereocenters. The molecule has 0 fully saturated rings. The Morgan fingerprint density at radius 2 is 0.756 bits per heavy atom. The minimum atomic E-state index is -0.702. The Kier molecular flexibility index (Phi) is 8.41. The minimum absolute atomic E-state index is 0.605. The second kappa shape index (κ2) is 15.3. The molecule has 2 aromatic heterocycles. The first kappa shape index (κ1) is 43.0. The predicted octanol–water partition coefficient (Wildman–Crippen LogP) is 20.5. The van der Waals surface area contributed by atoms with Gasteiger partial charge in [0.1, 0.15) is 22.3 Å². The third-order valence-corrected chi connectivity index (χ3v) is 18.7. The summed E-state index contributed by atoms with van der Waals surface area (Å²) < 4.78 is 14.1. The lowest BCUT2D eigenvalue weighted by Crippen LogP contribution is -2.26. The van der Waals surface area contributed by atoms with Gasteiger partial charge < -0.3 is 8.83 Å². The van der Waals surface area contributed by atoms with Gasteiger partial charge >= 0.3 is 0 Å². The standard InChI is InChI=1S/C74H40Cl2O2/c75-61-29-12-5-17-44(61)48-24-15-23-47-43-16-1-8-25-55(43)73(70(47)48)57-27-10-3-21-52(57)67-59(73)38-39-64-69(67)54-33-32-41(40-65(54)77-64)42-34-35-49(45-18-6-13-30-62(45)76)71-66(42)51-20-2-9-26-56(51)74(71)58-28-11-4-22-53(58)68-60(74)37-36-50-46-19-7-14-31-63(46)78-72(50)68/h1-40H. The fourth-order valence-electron chi connectivity index (χ4n) is 15.3. The maximum absolute atomic E-state index is 7.32. The van der Waals surface area contributed by atoms with Crippen LogP contribution in [-0.2, 0) is 10.8 Å². The Morgan fingerprint density at radius 1 is 0.269 bits per heavy atom. The maximum atomic E-state index is 7.32. The largest absolute Gasteiger partial charge is 0.456 e. The molecule has 0 N–H and O–H groups in total. The number of rotatable bonds is 3. The fourth-order valence-corrected chi connectivity index (χ4v) is 15.8. The highest BCUT2D eigenvalue weighted by Gasteiger charge is 2.56. The third kappa shape index (κ3) is 5.12. The third-order valence-electron chi connectivity index (χ3n) is 18.1. The van der Waals surface area contributed by atoms with E-state index in [1.165, 1.54) is 83.5 Å². The topological polar surface area (TPSA) is 26.3 Å². The van der Waals surface area contributed by atoms with Crippen LogP contribution in [-0.4, -0.2) is 0 Å². The molecule has 0 radical (unpaired) electrons. The molecule has 18 rings (SSSR count). The van der Waals surface area contributed by atoms with Gasteiger partial charge in [0.05, 0.1) is 10.8 Å². The van der Waals surface area contributed by atoms with Crippen LogP contribution in [0.15, 0.2) is 251 Å². The average Bonchev–Trinajstić information content (AvgIpc) is 3.92. The second-order valence-corrected chi connectivity index (χ2v) is 22.2.